The minimum atomic E-state index is -0.373. The average Bonchev–Trinajstić information content (AvgIpc) is 3.21. The number of ether oxygens (including phenoxy) is 3. The number of methoxy groups -OCH3 is 1. The van der Waals surface area contributed by atoms with Gasteiger partial charge in [0.2, 0.25) is 0 Å². The van der Waals surface area contributed by atoms with Crippen LogP contribution in [0.25, 0.3) is 27.5 Å². The SMILES string of the molecule is COc1cc(-n2nc3c(c2N)c(=O)[nH]c2cc(OCC#N)ccc23)c(C)cc1Oc1ccccc1. The van der Waals surface area contributed by atoms with Gasteiger partial charge in [-0.05, 0) is 42.8 Å². The molecule has 0 atom stereocenters. The van der Waals surface area contributed by atoms with Crippen LogP contribution in [0.3, 0.4) is 0 Å². The lowest BCUT2D eigenvalue weighted by atomic mass is 10.1. The van der Waals surface area contributed by atoms with Crippen molar-refractivity contribution >= 4 is 27.6 Å². The van der Waals surface area contributed by atoms with E-state index in [1.165, 1.54) is 4.68 Å². The van der Waals surface area contributed by atoms with E-state index < -0.39 is 0 Å². The van der Waals surface area contributed by atoms with Crippen molar-refractivity contribution in [2.24, 2.45) is 0 Å². The fourth-order valence-corrected chi connectivity index (χ4v) is 3.98. The molecule has 9 heteroatoms. The molecule has 0 spiro atoms. The van der Waals surface area contributed by atoms with E-state index in [2.05, 4.69) is 4.98 Å². The van der Waals surface area contributed by atoms with Gasteiger partial charge in [-0.3, -0.25) is 4.79 Å². The van der Waals surface area contributed by atoms with Crippen molar-refractivity contribution in [3.05, 3.63) is 76.6 Å². The van der Waals surface area contributed by atoms with E-state index in [0.717, 1.165) is 5.56 Å². The molecule has 3 aromatic carbocycles. The maximum atomic E-state index is 12.9. The predicted octanol–water partition coefficient (Wildman–Crippen LogP) is 4.46. The van der Waals surface area contributed by atoms with Crippen LogP contribution >= 0.6 is 0 Å². The van der Waals surface area contributed by atoms with E-state index in [1.54, 1.807) is 31.4 Å². The third-order valence-electron chi connectivity index (χ3n) is 5.63. The maximum Gasteiger partial charge on any atom is 0.261 e. The Bertz CT molecular complexity index is 1670. The molecule has 5 aromatic rings. The summed E-state index contributed by atoms with van der Waals surface area (Å²) in [5.41, 5.74) is 8.51. The topological polar surface area (TPSA) is 128 Å². The van der Waals surface area contributed by atoms with Gasteiger partial charge >= 0.3 is 0 Å². The van der Waals surface area contributed by atoms with Crippen LogP contribution in [0.4, 0.5) is 5.82 Å². The fraction of sp³-hybridized carbons (Fsp3) is 0.115. The summed E-state index contributed by atoms with van der Waals surface area (Å²) in [6, 6.07) is 20.1. The van der Waals surface area contributed by atoms with E-state index >= 15 is 0 Å². The number of nitriles is 1. The first-order valence-electron chi connectivity index (χ1n) is 10.8. The van der Waals surface area contributed by atoms with Gasteiger partial charge in [-0.15, -0.1) is 0 Å². The second-order valence-electron chi connectivity index (χ2n) is 7.83. The number of hydrogen-bond donors (Lipinski definition) is 2. The van der Waals surface area contributed by atoms with Crippen LogP contribution in [0.15, 0.2) is 65.5 Å². The second kappa shape index (κ2) is 8.76. The molecule has 0 saturated carbocycles. The Balaban J connectivity index is 1.64. The lowest BCUT2D eigenvalue weighted by Crippen LogP contribution is -2.09. The van der Waals surface area contributed by atoms with Crippen molar-refractivity contribution in [3.8, 4) is 34.8 Å². The summed E-state index contributed by atoms with van der Waals surface area (Å²) in [6.07, 6.45) is 0. The van der Waals surface area contributed by atoms with Gasteiger partial charge in [-0.1, -0.05) is 18.2 Å². The molecule has 0 aliphatic rings. The van der Waals surface area contributed by atoms with Crippen molar-refractivity contribution in [1.29, 1.82) is 5.26 Å². The number of nitrogens with two attached hydrogens (primary N) is 1. The summed E-state index contributed by atoms with van der Waals surface area (Å²) in [4.78, 5) is 15.8. The zero-order valence-corrected chi connectivity index (χ0v) is 19.0. The van der Waals surface area contributed by atoms with Crippen LogP contribution in [0, 0.1) is 18.3 Å². The molecule has 0 fully saturated rings. The summed E-state index contributed by atoms with van der Waals surface area (Å²) < 4.78 is 18.5. The van der Waals surface area contributed by atoms with Gasteiger partial charge in [0, 0.05) is 17.5 Å². The minimum Gasteiger partial charge on any atom is -0.493 e. The van der Waals surface area contributed by atoms with E-state index in [4.69, 9.17) is 30.3 Å². The van der Waals surface area contributed by atoms with Crippen molar-refractivity contribution < 1.29 is 14.2 Å². The van der Waals surface area contributed by atoms with Crippen LogP contribution in [0.5, 0.6) is 23.0 Å². The molecule has 2 aromatic heterocycles. The highest BCUT2D eigenvalue weighted by Gasteiger charge is 2.20. The number of benzene rings is 3. The highest BCUT2D eigenvalue weighted by molar-refractivity contribution is 6.07. The lowest BCUT2D eigenvalue weighted by molar-refractivity contribution is 0.368. The first kappa shape index (κ1) is 21.9. The molecule has 174 valence electrons. The summed E-state index contributed by atoms with van der Waals surface area (Å²) in [7, 11) is 1.55. The molecular formula is C26H21N5O4. The Labute approximate surface area is 199 Å². The van der Waals surface area contributed by atoms with Crippen LogP contribution in [-0.2, 0) is 0 Å². The van der Waals surface area contributed by atoms with E-state index in [9.17, 15) is 4.79 Å². The molecule has 0 aliphatic heterocycles. The van der Waals surface area contributed by atoms with Gasteiger partial charge < -0.3 is 24.9 Å². The number of aryl methyl sites for hydroxylation is 1. The van der Waals surface area contributed by atoms with E-state index in [0.29, 0.717) is 45.1 Å². The molecule has 9 nitrogen and oxygen atoms in total. The number of aromatic amines is 1. The number of nitrogens with one attached hydrogen (secondary N) is 1. The molecule has 0 aliphatic carbocycles. The number of nitrogens with zero attached hydrogens (tertiary/aromatic N) is 3. The molecule has 0 radical (unpaired) electrons. The zero-order chi connectivity index (χ0) is 24.5. The smallest absolute Gasteiger partial charge is 0.261 e. The monoisotopic (exact) mass is 467 g/mol. The van der Waals surface area contributed by atoms with Crippen LogP contribution in [0.1, 0.15) is 5.56 Å². The van der Waals surface area contributed by atoms with Crippen molar-refractivity contribution in [3.63, 3.8) is 0 Å². The number of rotatable bonds is 6. The molecule has 35 heavy (non-hydrogen) atoms. The Morgan fingerprint density at radius 2 is 1.89 bits per heavy atom. The van der Waals surface area contributed by atoms with Crippen molar-refractivity contribution in [1.82, 2.24) is 14.8 Å². The first-order valence-corrected chi connectivity index (χ1v) is 10.8. The highest BCUT2D eigenvalue weighted by atomic mass is 16.5. The first-order chi connectivity index (χ1) is 17.0. The Kier molecular flexibility index (Phi) is 5.47. The quantitative estimate of drug-likeness (QED) is 0.377. The minimum absolute atomic E-state index is 0.0926. The predicted molar refractivity (Wildman–Crippen MR) is 133 cm³/mol. The van der Waals surface area contributed by atoms with Crippen LogP contribution in [0.2, 0.25) is 0 Å². The summed E-state index contributed by atoms with van der Waals surface area (Å²) in [5, 5.41) is 14.4. The molecule has 0 unspecified atom stereocenters. The summed E-state index contributed by atoms with van der Waals surface area (Å²) in [5.74, 6) is 2.39. The van der Waals surface area contributed by atoms with E-state index in [-0.39, 0.29) is 23.4 Å². The third kappa shape index (κ3) is 3.87. The molecule has 0 amide bonds. The standard InChI is InChI=1S/C26H21N5O4/c1-15-12-22(35-16-6-4-3-5-7-16)21(33-2)14-20(15)31-25(28)23-24(30-31)18-9-8-17(34-11-10-27)13-19(18)29-26(23)32/h3-9,12-14H,11,28H2,1-2H3,(H,29,32). The van der Waals surface area contributed by atoms with Gasteiger partial charge in [0.05, 0.1) is 18.3 Å². The number of aromatic nitrogens is 3. The largest absolute Gasteiger partial charge is 0.493 e. The number of anilines is 1. The van der Waals surface area contributed by atoms with Gasteiger partial charge in [0.1, 0.15) is 34.3 Å². The van der Waals surface area contributed by atoms with Crippen LogP contribution < -0.4 is 25.5 Å². The zero-order valence-electron chi connectivity index (χ0n) is 19.0. The Morgan fingerprint density at radius 1 is 1.09 bits per heavy atom. The van der Waals surface area contributed by atoms with Gasteiger partial charge in [-0.25, -0.2) is 4.68 Å². The molecule has 5 rings (SSSR count). The fourth-order valence-electron chi connectivity index (χ4n) is 3.98. The highest BCUT2D eigenvalue weighted by Crippen LogP contribution is 2.37. The molecule has 2 heterocycles. The third-order valence-corrected chi connectivity index (χ3v) is 5.63. The summed E-state index contributed by atoms with van der Waals surface area (Å²) >= 11 is 0. The van der Waals surface area contributed by atoms with E-state index in [1.807, 2.05) is 49.4 Å². The van der Waals surface area contributed by atoms with Crippen LogP contribution in [-0.4, -0.2) is 28.5 Å². The average molecular weight is 467 g/mol. The maximum absolute atomic E-state index is 12.9. The van der Waals surface area contributed by atoms with Gasteiger partial charge in [-0.2, -0.15) is 10.4 Å². The van der Waals surface area contributed by atoms with Crippen molar-refractivity contribution in [2.75, 3.05) is 19.5 Å². The van der Waals surface area contributed by atoms with Gasteiger partial charge in [0.25, 0.3) is 5.56 Å². The lowest BCUT2D eigenvalue weighted by Gasteiger charge is -2.15. The Hall–Kier alpha value is -4.97. The normalized spacial score (nSPS) is 10.9. The van der Waals surface area contributed by atoms with Crippen molar-refractivity contribution in [2.45, 2.75) is 6.92 Å². The molecule has 3 N–H and O–H groups in total. The number of H-pyrrole nitrogens is 1. The second-order valence-corrected chi connectivity index (χ2v) is 7.83. The number of nitrogen functional groups attached to an aromatic ring is 1. The number of hydrogen-bond acceptors (Lipinski definition) is 7. The van der Waals surface area contributed by atoms with Gasteiger partial charge in [0.15, 0.2) is 18.1 Å². The molecular weight excluding hydrogens is 446 g/mol. The summed E-state index contributed by atoms with van der Waals surface area (Å²) in [6.45, 7) is 1.81. The number of pyridine rings is 1. The number of para-hydroxylation sites is 1. The number of fused-ring (bicyclic) bond motifs is 3. The molecule has 0 saturated heterocycles. The Morgan fingerprint density at radius 3 is 2.63 bits per heavy atom. The molecule has 0 bridgehead atoms.